The van der Waals surface area contributed by atoms with E-state index in [1.807, 2.05) is 27.2 Å². The van der Waals surface area contributed by atoms with Crippen LogP contribution in [-0.4, -0.2) is 68.5 Å². The highest BCUT2D eigenvalue weighted by Gasteiger charge is 2.23. The van der Waals surface area contributed by atoms with Crippen LogP contribution in [0.25, 0.3) is 0 Å². The number of aliphatic hydroxyl groups excluding tert-OH is 1. The van der Waals surface area contributed by atoms with Gasteiger partial charge < -0.3 is 28.8 Å². The van der Waals surface area contributed by atoms with Crippen LogP contribution in [0.3, 0.4) is 0 Å². The van der Waals surface area contributed by atoms with Crippen molar-refractivity contribution in [2.45, 2.75) is 180 Å². The zero-order valence-electron chi connectivity index (χ0n) is 37.7. The van der Waals surface area contributed by atoms with Crippen molar-refractivity contribution in [2.24, 2.45) is 0 Å². The van der Waals surface area contributed by atoms with E-state index in [1.165, 1.54) is 64.2 Å². The highest BCUT2D eigenvalue weighted by molar-refractivity contribution is 7.45. The molecular formula is C49H87N2O6P. The fourth-order valence-electron chi connectivity index (χ4n) is 5.98. The number of rotatable bonds is 40. The van der Waals surface area contributed by atoms with E-state index in [-0.39, 0.29) is 19.1 Å². The fourth-order valence-corrected chi connectivity index (χ4v) is 6.70. The van der Waals surface area contributed by atoms with Crippen LogP contribution >= 0.6 is 7.82 Å². The molecule has 0 saturated carbocycles. The second-order valence-corrected chi connectivity index (χ2v) is 17.8. The molecule has 0 rings (SSSR count). The van der Waals surface area contributed by atoms with Crippen LogP contribution in [0.5, 0.6) is 0 Å². The summed E-state index contributed by atoms with van der Waals surface area (Å²) in [7, 11) is 1.24. The minimum Gasteiger partial charge on any atom is -0.756 e. The molecule has 0 bridgehead atoms. The summed E-state index contributed by atoms with van der Waals surface area (Å²) in [5.74, 6) is -0.212. The number of allylic oxidation sites excluding steroid dienone is 13. The molecule has 9 heteroatoms. The third kappa shape index (κ3) is 41.8. The molecule has 3 atom stereocenters. The molecule has 0 saturated heterocycles. The first-order valence-electron chi connectivity index (χ1n) is 22.9. The van der Waals surface area contributed by atoms with Crippen LogP contribution in [0.1, 0.15) is 168 Å². The topological polar surface area (TPSA) is 108 Å². The van der Waals surface area contributed by atoms with Crippen LogP contribution in [0.15, 0.2) is 85.1 Å². The number of phosphoric acid groups is 1. The number of carbonyl (C=O) groups excluding carboxylic acids is 1. The minimum atomic E-state index is -4.58. The molecule has 0 radical (unpaired) electrons. The Morgan fingerprint density at radius 1 is 0.621 bits per heavy atom. The van der Waals surface area contributed by atoms with Crippen LogP contribution in [0.4, 0.5) is 0 Å². The highest BCUT2D eigenvalue weighted by Crippen LogP contribution is 2.38. The zero-order chi connectivity index (χ0) is 42.8. The van der Waals surface area contributed by atoms with Gasteiger partial charge in [0.05, 0.1) is 39.9 Å². The number of carbonyl (C=O) groups is 1. The minimum absolute atomic E-state index is 0.00592. The molecular weight excluding hydrogens is 744 g/mol. The standard InChI is InChI=1S/C49H87N2O6P/c1-6-8-10-12-13-14-15-16-17-18-19-20-21-22-23-24-25-26-27-28-29-30-31-32-33-34-35-36-37-39-41-43-49(53)50-47(48(52)42-40-38-11-9-7-2)46-57-58(54,55)56-45-44-51(3,4)5/h8,10,13-14,16-17,19-20,22-23,25-26,40,42,47-48,52H,6-7,9,11-12,15,18,21,24,27-39,41,43-46H2,1-5H3,(H-,50,53,54,55)/b10-8-,14-13-,17-16-,20-19-,23-22-,26-25-,42-40+. The Balaban J connectivity index is 3.97. The first-order chi connectivity index (χ1) is 28.0. The van der Waals surface area contributed by atoms with Crippen LogP contribution in [0.2, 0.25) is 0 Å². The van der Waals surface area contributed by atoms with Crippen LogP contribution in [-0.2, 0) is 18.4 Å². The van der Waals surface area contributed by atoms with E-state index < -0.39 is 20.0 Å². The van der Waals surface area contributed by atoms with E-state index in [9.17, 15) is 19.4 Å². The third-order valence-corrected chi connectivity index (χ3v) is 10.6. The van der Waals surface area contributed by atoms with E-state index in [4.69, 9.17) is 9.05 Å². The SMILES string of the molecule is CC/C=C\C/C=C\C/C=C\C/C=C\C/C=C\C/C=C\CCCCCCCCCCCCCCC(=O)NC(COP(=O)([O-])OCC[N+](C)(C)C)C(O)/C=C/CCCCC. The molecule has 0 aromatic carbocycles. The second-order valence-electron chi connectivity index (χ2n) is 16.4. The van der Waals surface area contributed by atoms with Gasteiger partial charge >= 0.3 is 0 Å². The first kappa shape index (κ1) is 55.7. The van der Waals surface area contributed by atoms with Crippen molar-refractivity contribution in [3.05, 3.63) is 85.1 Å². The Morgan fingerprint density at radius 3 is 1.53 bits per heavy atom. The number of unbranched alkanes of at least 4 members (excludes halogenated alkanes) is 15. The summed E-state index contributed by atoms with van der Waals surface area (Å²) >= 11 is 0. The number of likely N-dealkylation sites (N-methyl/N-ethyl adjacent to an activating group) is 1. The summed E-state index contributed by atoms with van der Waals surface area (Å²) in [4.78, 5) is 25.1. The maximum absolute atomic E-state index is 12.7. The molecule has 2 N–H and O–H groups in total. The van der Waals surface area contributed by atoms with Gasteiger partial charge in [0, 0.05) is 6.42 Å². The van der Waals surface area contributed by atoms with Crippen molar-refractivity contribution in [1.29, 1.82) is 0 Å². The Labute approximate surface area is 356 Å². The van der Waals surface area contributed by atoms with Crippen LogP contribution < -0.4 is 10.2 Å². The molecule has 0 aliphatic heterocycles. The molecule has 0 spiro atoms. The first-order valence-corrected chi connectivity index (χ1v) is 24.4. The van der Waals surface area contributed by atoms with Crippen molar-refractivity contribution in [3.63, 3.8) is 0 Å². The number of phosphoric ester groups is 1. The molecule has 8 nitrogen and oxygen atoms in total. The normalized spacial score (nSPS) is 15.1. The molecule has 0 aromatic heterocycles. The summed E-state index contributed by atoms with van der Waals surface area (Å²) in [6, 6.07) is -0.887. The Hall–Kier alpha value is -2.32. The van der Waals surface area contributed by atoms with Crippen molar-refractivity contribution in [3.8, 4) is 0 Å². The van der Waals surface area contributed by atoms with E-state index in [0.717, 1.165) is 83.5 Å². The zero-order valence-corrected chi connectivity index (χ0v) is 38.6. The average molecular weight is 831 g/mol. The number of quaternary nitrogens is 1. The number of amides is 1. The summed E-state index contributed by atoms with van der Waals surface area (Å²) in [6.07, 6.45) is 55.5. The molecule has 0 aromatic rings. The number of nitrogens with zero attached hydrogens (tertiary/aromatic N) is 1. The molecule has 3 unspecified atom stereocenters. The smallest absolute Gasteiger partial charge is 0.268 e. The van der Waals surface area contributed by atoms with Gasteiger partial charge in [-0.2, -0.15) is 0 Å². The summed E-state index contributed by atoms with van der Waals surface area (Å²) in [5.41, 5.74) is 0. The molecule has 334 valence electrons. The lowest BCUT2D eigenvalue weighted by atomic mass is 10.0. The monoisotopic (exact) mass is 831 g/mol. The number of hydrogen-bond donors (Lipinski definition) is 2. The number of nitrogens with one attached hydrogen (secondary N) is 1. The molecule has 0 aliphatic rings. The van der Waals surface area contributed by atoms with E-state index in [2.05, 4.69) is 92.1 Å². The van der Waals surface area contributed by atoms with E-state index in [1.54, 1.807) is 6.08 Å². The Bertz CT molecular complexity index is 1220. The van der Waals surface area contributed by atoms with Gasteiger partial charge in [0.2, 0.25) is 5.91 Å². The van der Waals surface area contributed by atoms with E-state index >= 15 is 0 Å². The predicted octanol–water partition coefficient (Wildman–Crippen LogP) is 12.3. The third-order valence-electron chi connectivity index (χ3n) is 9.61. The lowest BCUT2D eigenvalue weighted by Crippen LogP contribution is -2.45. The Kier molecular flexibility index (Phi) is 38.5. The van der Waals surface area contributed by atoms with Gasteiger partial charge in [-0.25, -0.2) is 0 Å². The lowest BCUT2D eigenvalue weighted by Gasteiger charge is -2.29. The highest BCUT2D eigenvalue weighted by atomic mass is 31.2. The van der Waals surface area contributed by atoms with Gasteiger partial charge in [-0.15, -0.1) is 0 Å². The fraction of sp³-hybridized carbons (Fsp3) is 0.694. The van der Waals surface area contributed by atoms with E-state index in [0.29, 0.717) is 17.4 Å². The van der Waals surface area contributed by atoms with Crippen LogP contribution in [0, 0.1) is 0 Å². The van der Waals surface area contributed by atoms with Gasteiger partial charge in [0.15, 0.2) is 0 Å². The van der Waals surface area contributed by atoms with Crippen molar-refractivity contribution in [2.75, 3.05) is 40.9 Å². The van der Waals surface area contributed by atoms with Crippen molar-refractivity contribution >= 4 is 13.7 Å². The van der Waals surface area contributed by atoms with Crippen molar-refractivity contribution < 1.29 is 32.9 Å². The average Bonchev–Trinajstić information content (AvgIpc) is 3.17. The molecule has 58 heavy (non-hydrogen) atoms. The maximum Gasteiger partial charge on any atom is 0.268 e. The summed E-state index contributed by atoms with van der Waals surface area (Å²) in [5, 5.41) is 13.6. The lowest BCUT2D eigenvalue weighted by molar-refractivity contribution is -0.870. The predicted molar refractivity (Wildman–Crippen MR) is 246 cm³/mol. The van der Waals surface area contributed by atoms with Gasteiger partial charge in [-0.3, -0.25) is 9.36 Å². The molecule has 0 aliphatic carbocycles. The Morgan fingerprint density at radius 2 is 1.05 bits per heavy atom. The summed E-state index contributed by atoms with van der Waals surface area (Å²) in [6.45, 7) is 4.39. The summed E-state index contributed by atoms with van der Waals surface area (Å²) < 4.78 is 23.0. The number of hydrogen-bond acceptors (Lipinski definition) is 6. The quantitative estimate of drug-likeness (QED) is 0.0276. The molecule has 1 amide bonds. The molecule has 0 heterocycles. The second kappa shape index (κ2) is 40.1. The number of aliphatic hydroxyl groups is 1. The van der Waals surface area contributed by atoms with Gasteiger partial charge in [0.1, 0.15) is 13.2 Å². The van der Waals surface area contributed by atoms with Gasteiger partial charge in [-0.1, -0.05) is 176 Å². The van der Waals surface area contributed by atoms with Gasteiger partial charge in [0.25, 0.3) is 7.82 Å². The maximum atomic E-state index is 12.7. The van der Waals surface area contributed by atoms with Gasteiger partial charge in [-0.05, 0) is 70.6 Å². The van der Waals surface area contributed by atoms with Crippen molar-refractivity contribution in [1.82, 2.24) is 5.32 Å². The largest absolute Gasteiger partial charge is 0.756 e. The molecule has 0 fully saturated rings.